The van der Waals surface area contributed by atoms with Gasteiger partial charge < -0.3 is 25.3 Å². The highest BCUT2D eigenvalue weighted by Gasteiger charge is 2.26. The Morgan fingerprint density at radius 1 is 1.36 bits per heavy atom. The van der Waals surface area contributed by atoms with E-state index >= 15 is 0 Å². The third kappa shape index (κ3) is 4.11. The molecule has 0 aromatic heterocycles. The third-order valence-electron chi connectivity index (χ3n) is 4.02. The molecule has 1 saturated heterocycles. The molecular formula is C16H24N2O4. The molecule has 6 nitrogen and oxygen atoms in total. The lowest BCUT2D eigenvalue weighted by Gasteiger charge is -2.26. The van der Waals surface area contributed by atoms with Crippen LogP contribution in [0.2, 0.25) is 0 Å². The molecule has 0 radical (unpaired) electrons. The van der Waals surface area contributed by atoms with E-state index in [1.54, 1.807) is 14.2 Å². The lowest BCUT2D eigenvalue weighted by atomic mass is 9.92. The van der Waals surface area contributed by atoms with Gasteiger partial charge in [-0.2, -0.15) is 0 Å². The predicted octanol–water partition coefficient (Wildman–Crippen LogP) is 1.07. The van der Waals surface area contributed by atoms with Gasteiger partial charge in [-0.1, -0.05) is 0 Å². The van der Waals surface area contributed by atoms with Gasteiger partial charge >= 0.3 is 0 Å². The standard InChI is InChI=1S/C16H24N2O4/c1-20-13-3-4-14(21-2)12(9-13)10-18-16(19)15(17)11-5-7-22-8-6-11/h3-4,9,11,15H,5-8,10,17H2,1-2H3,(H,18,19). The zero-order valence-corrected chi connectivity index (χ0v) is 13.1. The summed E-state index contributed by atoms with van der Waals surface area (Å²) in [5.41, 5.74) is 6.92. The normalized spacial score (nSPS) is 16.9. The summed E-state index contributed by atoms with van der Waals surface area (Å²) < 4.78 is 15.8. The van der Waals surface area contributed by atoms with Crippen molar-refractivity contribution >= 4 is 5.91 Å². The molecule has 1 aliphatic heterocycles. The van der Waals surface area contributed by atoms with Crippen LogP contribution in [-0.4, -0.2) is 39.4 Å². The van der Waals surface area contributed by atoms with Crippen molar-refractivity contribution in [2.75, 3.05) is 27.4 Å². The first-order chi connectivity index (χ1) is 10.7. The quantitative estimate of drug-likeness (QED) is 0.821. The van der Waals surface area contributed by atoms with Gasteiger partial charge in [0.15, 0.2) is 0 Å². The summed E-state index contributed by atoms with van der Waals surface area (Å²) >= 11 is 0. The smallest absolute Gasteiger partial charge is 0.237 e. The summed E-state index contributed by atoms with van der Waals surface area (Å²) in [4.78, 5) is 12.2. The molecule has 0 aliphatic carbocycles. The van der Waals surface area contributed by atoms with E-state index in [0.717, 1.165) is 24.2 Å². The molecule has 1 aromatic carbocycles. The number of carbonyl (C=O) groups excluding carboxylic acids is 1. The molecule has 1 heterocycles. The molecule has 6 heteroatoms. The number of carbonyl (C=O) groups is 1. The van der Waals surface area contributed by atoms with E-state index < -0.39 is 6.04 Å². The van der Waals surface area contributed by atoms with Crippen LogP contribution >= 0.6 is 0 Å². The van der Waals surface area contributed by atoms with Gasteiger partial charge in [-0.05, 0) is 37.0 Å². The molecule has 1 fully saturated rings. The van der Waals surface area contributed by atoms with Gasteiger partial charge in [-0.3, -0.25) is 4.79 Å². The summed E-state index contributed by atoms with van der Waals surface area (Å²) in [7, 11) is 3.20. The molecular weight excluding hydrogens is 284 g/mol. The van der Waals surface area contributed by atoms with Crippen LogP contribution in [-0.2, 0) is 16.1 Å². The van der Waals surface area contributed by atoms with Crippen LogP contribution in [0, 0.1) is 5.92 Å². The van der Waals surface area contributed by atoms with Crippen LogP contribution in [0.3, 0.4) is 0 Å². The fourth-order valence-electron chi connectivity index (χ4n) is 2.61. The number of nitrogens with one attached hydrogen (secondary N) is 1. The Labute approximate surface area is 130 Å². The van der Waals surface area contributed by atoms with Crippen molar-refractivity contribution < 1.29 is 19.0 Å². The summed E-state index contributed by atoms with van der Waals surface area (Å²) in [6.45, 7) is 1.71. The van der Waals surface area contributed by atoms with Crippen LogP contribution in [0.1, 0.15) is 18.4 Å². The van der Waals surface area contributed by atoms with E-state index in [0.29, 0.717) is 25.5 Å². The second-order valence-corrected chi connectivity index (χ2v) is 5.37. The van der Waals surface area contributed by atoms with Crippen LogP contribution in [0.15, 0.2) is 18.2 Å². The highest BCUT2D eigenvalue weighted by Crippen LogP contribution is 2.24. The summed E-state index contributed by atoms with van der Waals surface area (Å²) in [5.74, 6) is 1.47. The van der Waals surface area contributed by atoms with Crippen molar-refractivity contribution in [3.63, 3.8) is 0 Å². The fourth-order valence-corrected chi connectivity index (χ4v) is 2.61. The highest BCUT2D eigenvalue weighted by atomic mass is 16.5. The van der Waals surface area contributed by atoms with Gasteiger partial charge in [0, 0.05) is 25.3 Å². The van der Waals surface area contributed by atoms with Gasteiger partial charge in [0.2, 0.25) is 5.91 Å². The SMILES string of the molecule is COc1ccc(OC)c(CNC(=O)C(N)C2CCOCC2)c1. The Kier molecular flexibility index (Phi) is 6.03. The number of rotatable bonds is 6. The van der Waals surface area contributed by atoms with Crippen molar-refractivity contribution in [2.45, 2.75) is 25.4 Å². The number of benzene rings is 1. The molecule has 0 bridgehead atoms. The fraction of sp³-hybridized carbons (Fsp3) is 0.562. The maximum atomic E-state index is 12.2. The second kappa shape index (κ2) is 8.00. The lowest BCUT2D eigenvalue weighted by molar-refractivity contribution is -0.124. The number of hydrogen-bond donors (Lipinski definition) is 2. The Morgan fingerprint density at radius 3 is 2.73 bits per heavy atom. The average Bonchev–Trinajstić information content (AvgIpc) is 2.59. The minimum absolute atomic E-state index is 0.142. The van der Waals surface area contributed by atoms with Crippen LogP contribution in [0.4, 0.5) is 0 Å². The van der Waals surface area contributed by atoms with Crippen LogP contribution in [0.5, 0.6) is 11.5 Å². The highest BCUT2D eigenvalue weighted by molar-refractivity contribution is 5.81. The van der Waals surface area contributed by atoms with E-state index in [2.05, 4.69) is 5.32 Å². The molecule has 0 saturated carbocycles. The number of methoxy groups -OCH3 is 2. The van der Waals surface area contributed by atoms with Crippen LogP contribution < -0.4 is 20.5 Å². The zero-order chi connectivity index (χ0) is 15.9. The second-order valence-electron chi connectivity index (χ2n) is 5.37. The molecule has 1 aromatic rings. The number of ether oxygens (including phenoxy) is 3. The van der Waals surface area contributed by atoms with Crippen molar-refractivity contribution in [3.05, 3.63) is 23.8 Å². The lowest BCUT2D eigenvalue weighted by Crippen LogP contribution is -2.46. The Bertz CT molecular complexity index is 501. The molecule has 1 aliphatic rings. The van der Waals surface area contributed by atoms with E-state index in [4.69, 9.17) is 19.9 Å². The first-order valence-electron chi connectivity index (χ1n) is 7.47. The van der Waals surface area contributed by atoms with Crippen molar-refractivity contribution in [3.8, 4) is 11.5 Å². The molecule has 1 unspecified atom stereocenters. The topological polar surface area (TPSA) is 82.8 Å². The molecule has 0 spiro atoms. The first kappa shape index (κ1) is 16.6. The van der Waals surface area contributed by atoms with E-state index in [1.165, 1.54) is 0 Å². The zero-order valence-electron chi connectivity index (χ0n) is 13.1. The van der Waals surface area contributed by atoms with Gasteiger partial charge in [0.1, 0.15) is 11.5 Å². The predicted molar refractivity (Wildman–Crippen MR) is 82.9 cm³/mol. The first-order valence-corrected chi connectivity index (χ1v) is 7.47. The monoisotopic (exact) mass is 308 g/mol. The maximum absolute atomic E-state index is 12.2. The largest absolute Gasteiger partial charge is 0.497 e. The molecule has 3 N–H and O–H groups in total. The number of nitrogens with two attached hydrogens (primary N) is 1. The molecule has 1 atom stereocenters. The Hall–Kier alpha value is -1.79. The summed E-state index contributed by atoms with van der Waals surface area (Å²) in [6, 6.07) is 4.98. The Morgan fingerprint density at radius 2 is 2.09 bits per heavy atom. The average molecular weight is 308 g/mol. The molecule has 22 heavy (non-hydrogen) atoms. The summed E-state index contributed by atoms with van der Waals surface area (Å²) in [5, 5.41) is 2.88. The van der Waals surface area contributed by atoms with E-state index in [1.807, 2.05) is 18.2 Å². The minimum Gasteiger partial charge on any atom is -0.497 e. The van der Waals surface area contributed by atoms with Crippen molar-refractivity contribution in [1.29, 1.82) is 0 Å². The molecule has 122 valence electrons. The number of amides is 1. The van der Waals surface area contributed by atoms with Crippen molar-refractivity contribution in [2.24, 2.45) is 11.7 Å². The van der Waals surface area contributed by atoms with Gasteiger partial charge in [-0.25, -0.2) is 0 Å². The maximum Gasteiger partial charge on any atom is 0.237 e. The number of hydrogen-bond acceptors (Lipinski definition) is 5. The van der Waals surface area contributed by atoms with Crippen LogP contribution in [0.25, 0.3) is 0 Å². The van der Waals surface area contributed by atoms with Gasteiger partial charge in [0.25, 0.3) is 0 Å². The van der Waals surface area contributed by atoms with E-state index in [9.17, 15) is 4.79 Å². The third-order valence-corrected chi connectivity index (χ3v) is 4.02. The summed E-state index contributed by atoms with van der Waals surface area (Å²) in [6.07, 6.45) is 1.66. The van der Waals surface area contributed by atoms with Gasteiger partial charge in [0.05, 0.1) is 20.3 Å². The van der Waals surface area contributed by atoms with E-state index in [-0.39, 0.29) is 11.8 Å². The van der Waals surface area contributed by atoms with Gasteiger partial charge in [-0.15, -0.1) is 0 Å². The van der Waals surface area contributed by atoms with Crippen molar-refractivity contribution in [1.82, 2.24) is 5.32 Å². The molecule has 1 amide bonds. The Balaban J connectivity index is 1.95. The minimum atomic E-state index is -0.500. The molecule has 2 rings (SSSR count).